The minimum Gasteiger partial charge on any atom is -0.383 e. The van der Waals surface area contributed by atoms with Crippen LogP contribution in [0.15, 0.2) is 72.9 Å². The number of rotatable bonds is 8. The number of benzene rings is 2. The quantitative estimate of drug-likeness (QED) is 0.634. The molecule has 0 radical (unpaired) electrons. The largest absolute Gasteiger partial charge is 0.383 e. The molecule has 3 aromatic rings. The molecule has 0 aliphatic rings. The molecule has 5 heteroatoms. The molecule has 25 heavy (non-hydrogen) atoms. The van der Waals surface area contributed by atoms with E-state index in [1.807, 2.05) is 30.3 Å². The lowest BCUT2D eigenvalue weighted by molar-refractivity contribution is 0.210. The van der Waals surface area contributed by atoms with Crippen LogP contribution in [0.3, 0.4) is 0 Å². The van der Waals surface area contributed by atoms with Crippen molar-refractivity contribution in [3.63, 3.8) is 0 Å². The molecule has 0 aliphatic heterocycles. The van der Waals surface area contributed by atoms with Gasteiger partial charge in [-0.15, -0.1) is 0 Å². The first-order valence-electron chi connectivity index (χ1n) is 8.29. The Bertz CT molecular complexity index is 765. The Labute approximate surface area is 148 Å². The van der Waals surface area contributed by atoms with E-state index >= 15 is 0 Å². The summed E-state index contributed by atoms with van der Waals surface area (Å²) in [6, 6.07) is 22.6. The third kappa shape index (κ3) is 4.78. The molecular formula is C20H22N4O. The van der Waals surface area contributed by atoms with Crippen LogP contribution in [-0.4, -0.2) is 30.2 Å². The van der Waals surface area contributed by atoms with Gasteiger partial charge >= 0.3 is 0 Å². The number of methoxy groups -OCH3 is 1. The summed E-state index contributed by atoms with van der Waals surface area (Å²) in [5.41, 5.74) is 2.31. The van der Waals surface area contributed by atoms with Crippen LogP contribution in [0, 0.1) is 0 Å². The molecule has 0 aliphatic carbocycles. The Morgan fingerprint density at radius 3 is 2.40 bits per heavy atom. The first kappa shape index (κ1) is 16.9. The van der Waals surface area contributed by atoms with E-state index in [-0.39, 0.29) is 0 Å². The molecule has 1 heterocycles. The summed E-state index contributed by atoms with van der Waals surface area (Å²) in [4.78, 5) is 11.1. The third-order valence-electron chi connectivity index (χ3n) is 3.76. The Morgan fingerprint density at radius 2 is 1.68 bits per heavy atom. The molecule has 2 aromatic carbocycles. The average Bonchev–Trinajstić information content (AvgIpc) is 2.68. The highest BCUT2D eigenvalue weighted by Gasteiger charge is 2.12. The first-order chi connectivity index (χ1) is 12.4. The number of ether oxygens (including phenoxy) is 1. The maximum Gasteiger partial charge on any atom is 0.224 e. The second-order valence-electron chi connectivity index (χ2n) is 5.57. The highest BCUT2D eigenvalue weighted by Crippen LogP contribution is 2.26. The molecule has 1 N–H and O–H groups in total. The van der Waals surface area contributed by atoms with Gasteiger partial charge in [0.05, 0.1) is 6.61 Å². The third-order valence-corrected chi connectivity index (χ3v) is 3.76. The lowest BCUT2D eigenvalue weighted by Crippen LogP contribution is -2.19. The predicted molar refractivity (Wildman–Crippen MR) is 101 cm³/mol. The fraction of sp³-hybridized carbons (Fsp3) is 0.200. The number of para-hydroxylation sites is 1. The summed E-state index contributed by atoms with van der Waals surface area (Å²) >= 11 is 0. The lowest BCUT2D eigenvalue weighted by atomic mass is 10.2. The predicted octanol–water partition coefficient (Wildman–Crippen LogP) is 3.87. The monoisotopic (exact) mass is 334 g/mol. The van der Waals surface area contributed by atoms with Crippen molar-refractivity contribution in [1.82, 2.24) is 9.97 Å². The zero-order valence-corrected chi connectivity index (χ0v) is 14.3. The van der Waals surface area contributed by atoms with E-state index in [1.165, 1.54) is 5.56 Å². The molecular weight excluding hydrogens is 312 g/mol. The second kappa shape index (κ2) is 8.80. The maximum atomic E-state index is 5.06. The molecule has 0 amide bonds. The Hall–Kier alpha value is -2.92. The number of nitrogens with one attached hydrogen (secondary N) is 1. The summed E-state index contributed by atoms with van der Waals surface area (Å²) < 4.78 is 5.06. The van der Waals surface area contributed by atoms with Crippen molar-refractivity contribution in [1.29, 1.82) is 0 Å². The molecule has 5 nitrogen and oxygen atoms in total. The molecule has 0 fully saturated rings. The topological polar surface area (TPSA) is 50.3 Å². The normalized spacial score (nSPS) is 10.4. The summed E-state index contributed by atoms with van der Waals surface area (Å²) in [5, 5.41) is 3.18. The van der Waals surface area contributed by atoms with Gasteiger partial charge in [-0.3, -0.25) is 0 Å². The van der Waals surface area contributed by atoms with Crippen LogP contribution in [0.4, 0.5) is 17.5 Å². The van der Waals surface area contributed by atoms with Gasteiger partial charge < -0.3 is 15.0 Å². The van der Waals surface area contributed by atoms with E-state index in [4.69, 9.17) is 4.74 Å². The van der Waals surface area contributed by atoms with Crippen LogP contribution >= 0.6 is 0 Å². The van der Waals surface area contributed by atoms with Gasteiger partial charge in [-0.05, 0) is 23.8 Å². The van der Waals surface area contributed by atoms with Gasteiger partial charge in [-0.1, -0.05) is 48.5 Å². The minimum absolute atomic E-state index is 0.601. The molecule has 0 saturated heterocycles. The number of anilines is 3. The van der Waals surface area contributed by atoms with Crippen molar-refractivity contribution in [2.75, 3.05) is 30.5 Å². The van der Waals surface area contributed by atoms with E-state index in [2.05, 4.69) is 56.6 Å². The summed E-state index contributed by atoms with van der Waals surface area (Å²) in [5.74, 6) is 1.45. The summed E-state index contributed by atoms with van der Waals surface area (Å²) in [6.07, 6.45) is 1.78. The van der Waals surface area contributed by atoms with E-state index in [9.17, 15) is 0 Å². The van der Waals surface area contributed by atoms with Crippen LogP contribution in [-0.2, 0) is 11.3 Å². The van der Waals surface area contributed by atoms with Crippen molar-refractivity contribution in [3.8, 4) is 0 Å². The molecule has 0 bridgehead atoms. The Morgan fingerprint density at radius 1 is 0.960 bits per heavy atom. The van der Waals surface area contributed by atoms with E-state index in [0.29, 0.717) is 19.1 Å². The van der Waals surface area contributed by atoms with Crippen LogP contribution in [0.25, 0.3) is 0 Å². The van der Waals surface area contributed by atoms with Gasteiger partial charge in [-0.2, -0.15) is 4.98 Å². The SMILES string of the molecule is COCCNc1nccc(N(Cc2ccccc2)c2ccccc2)n1. The van der Waals surface area contributed by atoms with E-state index < -0.39 is 0 Å². The molecule has 3 rings (SSSR count). The minimum atomic E-state index is 0.601. The molecule has 0 saturated carbocycles. The molecule has 0 spiro atoms. The number of nitrogens with zero attached hydrogens (tertiary/aromatic N) is 3. The van der Waals surface area contributed by atoms with Gasteiger partial charge in [0.2, 0.25) is 5.95 Å². The standard InChI is InChI=1S/C20H22N4O/c1-25-15-14-22-20-21-13-12-19(23-20)24(18-10-6-3-7-11-18)16-17-8-4-2-5-9-17/h2-13H,14-16H2,1H3,(H,21,22,23). The van der Waals surface area contributed by atoms with Crippen molar-refractivity contribution in [2.45, 2.75) is 6.54 Å². The van der Waals surface area contributed by atoms with Crippen LogP contribution < -0.4 is 10.2 Å². The highest BCUT2D eigenvalue weighted by molar-refractivity contribution is 5.60. The first-order valence-corrected chi connectivity index (χ1v) is 8.29. The van der Waals surface area contributed by atoms with Crippen molar-refractivity contribution >= 4 is 17.5 Å². The molecule has 0 atom stereocenters. The smallest absolute Gasteiger partial charge is 0.224 e. The molecule has 0 unspecified atom stereocenters. The van der Waals surface area contributed by atoms with Gasteiger partial charge in [0, 0.05) is 32.1 Å². The van der Waals surface area contributed by atoms with Crippen molar-refractivity contribution in [2.24, 2.45) is 0 Å². The fourth-order valence-electron chi connectivity index (χ4n) is 2.53. The number of aromatic nitrogens is 2. The van der Waals surface area contributed by atoms with Gasteiger partial charge in [-0.25, -0.2) is 4.98 Å². The van der Waals surface area contributed by atoms with Crippen LogP contribution in [0.2, 0.25) is 0 Å². The van der Waals surface area contributed by atoms with Gasteiger partial charge in [0.15, 0.2) is 0 Å². The fourth-order valence-corrected chi connectivity index (χ4v) is 2.53. The summed E-state index contributed by atoms with van der Waals surface area (Å²) in [6.45, 7) is 2.02. The molecule has 128 valence electrons. The van der Waals surface area contributed by atoms with E-state index in [0.717, 1.165) is 18.1 Å². The van der Waals surface area contributed by atoms with Crippen LogP contribution in [0.1, 0.15) is 5.56 Å². The highest BCUT2D eigenvalue weighted by atomic mass is 16.5. The Kier molecular flexibility index (Phi) is 5.96. The Balaban J connectivity index is 1.87. The van der Waals surface area contributed by atoms with E-state index in [1.54, 1.807) is 13.3 Å². The second-order valence-corrected chi connectivity index (χ2v) is 5.57. The zero-order valence-electron chi connectivity index (χ0n) is 14.3. The van der Waals surface area contributed by atoms with Crippen molar-refractivity contribution in [3.05, 3.63) is 78.5 Å². The van der Waals surface area contributed by atoms with Gasteiger partial charge in [0.25, 0.3) is 0 Å². The lowest BCUT2D eigenvalue weighted by Gasteiger charge is -2.24. The number of hydrogen-bond acceptors (Lipinski definition) is 5. The molecule has 1 aromatic heterocycles. The van der Waals surface area contributed by atoms with Crippen LogP contribution in [0.5, 0.6) is 0 Å². The summed E-state index contributed by atoms with van der Waals surface area (Å²) in [7, 11) is 1.68. The number of hydrogen-bond donors (Lipinski definition) is 1. The zero-order chi connectivity index (χ0) is 17.3. The average molecular weight is 334 g/mol. The maximum absolute atomic E-state index is 5.06. The van der Waals surface area contributed by atoms with Gasteiger partial charge in [0.1, 0.15) is 5.82 Å². The van der Waals surface area contributed by atoms with Crippen molar-refractivity contribution < 1.29 is 4.74 Å².